The van der Waals surface area contributed by atoms with Gasteiger partial charge in [0, 0.05) is 18.7 Å². The van der Waals surface area contributed by atoms with Gasteiger partial charge in [0.05, 0.1) is 7.11 Å². The summed E-state index contributed by atoms with van der Waals surface area (Å²) in [5.41, 5.74) is 1.67. The first kappa shape index (κ1) is 19.7. The molecular formula is C22H25NO5. The number of nitrogens with zero attached hydrogens (tertiary/aromatic N) is 1. The van der Waals surface area contributed by atoms with Crippen LogP contribution in [-0.2, 0) is 14.3 Å². The second kappa shape index (κ2) is 9.26. The highest BCUT2D eigenvalue weighted by atomic mass is 16.6. The molecule has 1 aliphatic rings. The molecule has 1 heterocycles. The van der Waals surface area contributed by atoms with Crippen molar-refractivity contribution in [3.8, 4) is 11.5 Å². The van der Waals surface area contributed by atoms with Crippen molar-refractivity contribution in [2.75, 3.05) is 26.8 Å². The molecule has 1 atom stereocenters. The highest BCUT2D eigenvalue weighted by Crippen LogP contribution is 2.28. The molecule has 6 heteroatoms. The zero-order chi connectivity index (χ0) is 19.9. The summed E-state index contributed by atoms with van der Waals surface area (Å²) < 4.78 is 16.4. The topological polar surface area (TPSA) is 65.1 Å². The van der Waals surface area contributed by atoms with E-state index in [9.17, 15) is 9.59 Å². The van der Waals surface area contributed by atoms with E-state index >= 15 is 0 Å². The molecule has 0 N–H and O–H groups in total. The van der Waals surface area contributed by atoms with Gasteiger partial charge in [0.1, 0.15) is 0 Å². The van der Waals surface area contributed by atoms with Gasteiger partial charge in [-0.2, -0.15) is 0 Å². The van der Waals surface area contributed by atoms with Crippen LogP contribution in [0, 0.1) is 6.92 Å². The van der Waals surface area contributed by atoms with Gasteiger partial charge < -0.3 is 19.1 Å². The molecule has 1 aliphatic heterocycles. The molecule has 3 rings (SSSR count). The van der Waals surface area contributed by atoms with Crippen molar-refractivity contribution in [3.63, 3.8) is 0 Å². The van der Waals surface area contributed by atoms with Crippen LogP contribution in [0.5, 0.6) is 11.5 Å². The molecule has 1 amide bonds. The Hall–Kier alpha value is -3.02. The number of hydrogen-bond acceptors (Lipinski definition) is 5. The fraction of sp³-hybridized carbons (Fsp3) is 0.364. The van der Waals surface area contributed by atoms with Crippen LogP contribution < -0.4 is 9.47 Å². The highest BCUT2D eigenvalue weighted by molar-refractivity contribution is 5.85. The summed E-state index contributed by atoms with van der Waals surface area (Å²) in [7, 11) is 1.54. The Kier molecular flexibility index (Phi) is 6.53. The molecular weight excluding hydrogens is 358 g/mol. The first-order chi connectivity index (χ1) is 13.6. The second-order valence-corrected chi connectivity index (χ2v) is 6.76. The monoisotopic (exact) mass is 383 g/mol. The van der Waals surface area contributed by atoms with Gasteiger partial charge in [-0.05, 0) is 37.5 Å². The van der Waals surface area contributed by atoms with Crippen molar-refractivity contribution in [2.24, 2.45) is 0 Å². The molecule has 0 bridgehead atoms. The Bertz CT molecular complexity index is 815. The number of carbonyl (C=O) groups is 2. The standard InChI is InChI=1S/C22H25NO5/c1-16-10-11-18(19(14-16)26-2)27-15-20(24)28-21(17-8-4-3-5-9-17)22(25)23-12-6-7-13-23/h3-5,8-11,14,21H,6-7,12-13,15H2,1-2H3. The van der Waals surface area contributed by atoms with Gasteiger partial charge >= 0.3 is 5.97 Å². The van der Waals surface area contributed by atoms with Crippen molar-refractivity contribution < 1.29 is 23.8 Å². The molecule has 6 nitrogen and oxygen atoms in total. The van der Waals surface area contributed by atoms with Crippen molar-refractivity contribution in [1.82, 2.24) is 4.90 Å². The number of likely N-dealkylation sites (tertiary alicyclic amines) is 1. The van der Waals surface area contributed by atoms with E-state index in [4.69, 9.17) is 14.2 Å². The van der Waals surface area contributed by atoms with Crippen LogP contribution in [0.3, 0.4) is 0 Å². The molecule has 148 valence electrons. The zero-order valence-corrected chi connectivity index (χ0v) is 16.2. The summed E-state index contributed by atoms with van der Waals surface area (Å²) in [6.45, 7) is 3.01. The SMILES string of the molecule is COc1cc(C)ccc1OCC(=O)OC(C(=O)N1CCCC1)c1ccccc1. The maximum absolute atomic E-state index is 12.9. The molecule has 0 aliphatic carbocycles. The van der Waals surface area contributed by atoms with Crippen LogP contribution in [0.15, 0.2) is 48.5 Å². The highest BCUT2D eigenvalue weighted by Gasteiger charge is 2.31. The molecule has 1 unspecified atom stereocenters. The molecule has 0 spiro atoms. The molecule has 28 heavy (non-hydrogen) atoms. The van der Waals surface area contributed by atoms with Crippen LogP contribution in [0.1, 0.15) is 30.1 Å². The third kappa shape index (κ3) is 4.82. The summed E-state index contributed by atoms with van der Waals surface area (Å²) in [4.78, 5) is 27.1. The first-order valence-electron chi connectivity index (χ1n) is 9.39. The maximum atomic E-state index is 12.9. The fourth-order valence-corrected chi connectivity index (χ4v) is 3.19. The number of esters is 1. The number of carbonyl (C=O) groups excluding carboxylic acids is 2. The number of amides is 1. The lowest BCUT2D eigenvalue weighted by Gasteiger charge is -2.23. The van der Waals surface area contributed by atoms with Crippen LogP contribution in [-0.4, -0.2) is 43.6 Å². The largest absolute Gasteiger partial charge is 0.493 e. The maximum Gasteiger partial charge on any atom is 0.345 e. The molecule has 1 fully saturated rings. The van der Waals surface area contributed by atoms with E-state index < -0.39 is 12.1 Å². The van der Waals surface area contributed by atoms with E-state index in [0.717, 1.165) is 18.4 Å². The van der Waals surface area contributed by atoms with Crippen LogP contribution in [0.4, 0.5) is 0 Å². The Morgan fingerprint density at radius 3 is 2.43 bits per heavy atom. The van der Waals surface area contributed by atoms with Gasteiger partial charge in [-0.1, -0.05) is 36.4 Å². The Morgan fingerprint density at radius 2 is 1.75 bits per heavy atom. The van der Waals surface area contributed by atoms with Crippen molar-refractivity contribution >= 4 is 11.9 Å². The molecule has 1 saturated heterocycles. The predicted molar refractivity (Wildman–Crippen MR) is 104 cm³/mol. The van der Waals surface area contributed by atoms with E-state index in [0.29, 0.717) is 30.2 Å². The molecule has 2 aromatic carbocycles. The minimum Gasteiger partial charge on any atom is -0.493 e. The Morgan fingerprint density at radius 1 is 1.04 bits per heavy atom. The average molecular weight is 383 g/mol. The summed E-state index contributed by atoms with van der Waals surface area (Å²) in [5.74, 6) is 0.196. The van der Waals surface area contributed by atoms with E-state index in [-0.39, 0.29) is 12.5 Å². The first-order valence-corrected chi connectivity index (χ1v) is 9.39. The van der Waals surface area contributed by atoms with Crippen molar-refractivity contribution in [1.29, 1.82) is 0 Å². The molecule has 2 aromatic rings. The fourth-order valence-electron chi connectivity index (χ4n) is 3.19. The van der Waals surface area contributed by atoms with E-state index in [1.54, 1.807) is 30.2 Å². The van der Waals surface area contributed by atoms with Crippen LogP contribution >= 0.6 is 0 Å². The Labute approximate surface area is 165 Å². The Balaban J connectivity index is 1.68. The number of rotatable bonds is 7. The van der Waals surface area contributed by atoms with Gasteiger partial charge in [0.2, 0.25) is 6.10 Å². The average Bonchev–Trinajstić information content (AvgIpc) is 3.26. The summed E-state index contributed by atoms with van der Waals surface area (Å²) in [6.07, 6.45) is 0.977. The predicted octanol–water partition coefficient (Wildman–Crippen LogP) is 3.29. The number of benzene rings is 2. The third-order valence-corrected chi connectivity index (χ3v) is 4.66. The van der Waals surface area contributed by atoms with Gasteiger partial charge in [-0.3, -0.25) is 4.79 Å². The van der Waals surface area contributed by atoms with Crippen LogP contribution in [0.2, 0.25) is 0 Å². The van der Waals surface area contributed by atoms with Gasteiger partial charge in [-0.15, -0.1) is 0 Å². The lowest BCUT2D eigenvalue weighted by atomic mass is 10.1. The molecule has 0 saturated carbocycles. The van der Waals surface area contributed by atoms with E-state index in [1.807, 2.05) is 37.3 Å². The summed E-state index contributed by atoms with van der Waals surface area (Å²) in [5, 5.41) is 0. The summed E-state index contributed by atoms with van der Waals surface area (Å²) in [6, 6.07) is 14.5. The summed E-state index contributed by atoms with van der Waals surface area (Å²) >= 11 is 0. The number of methoxy groups -OCH3 is 1. The third-order valence-electron chi connectivity index (χ3n) is 4.66. The molecule has 0 radical (unpaired) electrons. The van der Waals surface area contributed by atoms with Gasteiger partial charge in [0.25, 0.3) is 5.91 Å². The smallest absolute Gasteiger partial charge is 0.345 e. The van der Waals surface area contributed by atoms with Crippen molar-refractivity contribution in [3.05, 3.63) is 59.7 Å². The number of hydrogen-bond donors (Lipinski definition) is 0. The minimum atomic E-state index is -0.963. The van der Waals surface area contributed by atoms with Crippen molar-refractivity contribution in [2.45, 2.75) is 25.9 Å². The minimum absolute atomic E-state index is 0.190. The lowest BCUT2D eigenvalue weighted by molar-refractivity contribution is -0.162. The zero-order valence-electron chi connectivity index (χ0n) is 16.2. The lowest BCUT2D eigenvalue weighted by Crippen LogP contribution is -2.35. The quantitative estimate of drug-likeness (QED) is 0.687. The second-order valence-electron chi connectivity index (χ2n) is 6.76. The number of ether oxygens (including phenoxy) is 3. The molecule has 0 aromatic heterocycles. The normalized spacial score (nSPS) is 14.4. The van der Waals surface area contributed by atoms with E-state index in [1.165, 1.54) is 0 Å². The van der Waals surface area contributed by atoms with Crippen LogP contribution in [0.25, 0.3) is 0 Å². The van der Waals surface area contributed by atoms with E-state index in [2.05, 4.69) is 0 Å². The van der Waals surface area contributed by atoms with Gasteiger partial charge in [0.15, 0.2) is 18.1 Å². The van der Waals surface area contributed by atoms with Gasteiger partial charge in [-0.25, -0.2) is 4.79 Å². The number of aryl methyl sites for hydroxylation is 1.